The van der Waals surface area contributed by atoms with E-state index >= 15 is 0 Å². The molecule has 0 radical (unpaired) electrons. The van der Waals surface area contributed by atoms with Gasteiger partial charge >= 0.3 is 0 Å². The molecule has 0 unspecified atom stereocenters. The van der Waals surface area contributed by atoms with Gasteiger partial charge in [0.2, 0.25) is 0 Å². The molecule has 0 bridgehead atoms. The highest BCUT2D eigenvalue weighted by molar-refractivity contribution is 9.10. The largest absolute Gasteiger partial charge is 0.162 e. The Morgan fingerprint density at radius 2 is 1.78 bits per heavy atom. The van der Waals surface area contributed by atoms with E-state index < -0.39 is 3.75 Å². The summed E-state index contributed by atoms with van der Waals surface area (Å²) in [4.78, 5) is 0. The first-order valence-corrected chi connectivity index (χ1v) is 4.64. The van der Waals surface area contributed by atoms with Gasteiger partial charge in [-0.25, -0.2) is 0 Å². The highest BCUT2D eigenvalue weighted by Gasteiger charge is 1.78. The molecule has 0 aliphatic heterocycles. The number of hydrogen-bond donors (Lipinski definition) is 0. The first kappa shape index (κ1) is 13.0. The van der Waals surface area contributed by atoms with Gasteiger partial charge in [0.1, 0.15) is 0 Å². The van der Waals surface area contributed by atoms with Gasteiger partial charge in [0.25, 0.3) is 0 Å². The SMILES string of the molecule is Cl/C=C\CCl.ClC(Cl)Br. The summed E-state index contributed by atoms with van der Waals surface area (Å²) < 4.78 is -0.410. The first-order valence-electron chi connectivity index (χ1n) is 1.88. The average Bonchev–Trinajstić information content (AvgIpc) is 1.66. The zero-order chi connectivity index (χ0) is 7.70. The average molecular weight is 275 g/mol. The Balaban J connectivity index is 0. The highest BCUT2D eigenvalue weighted by atomic mass is 79.9. The summed E-state index contributed by atoms with van der Waals surface area (Å²) in [5.41, 5.74) is 1.40. The van der Waals surface area contributed by atoms with Gasteiger partial charge in [-0.2, -0.15) is 0 Å². The van der Waals surface area contributed by atoms with E-state index in [2.05, 4.69) is 15.9 Å². The Morgan fingerprint density at radius 3 is 1.78 bits per heavy atom. The molecule has 0 fully saturated rings. The third kappa shape index (κ3) is 44.7. The van der Waals surface area contributed by atoms with Crippen LogP contribution in [-0.2, 0) is 0 Å². The minimum atomic E-state index is -0.410. The van der Waals surface area contributed by atoms with Gasteiger partial charge in [-0.3, -0.25) is 0 Å². The van der Waals surface area contributed by atoms with Crippen molar-refractivity contribution in [2.75, 3.05) is 5.88 Å². The van der Waals surface area contributed by atoms with Crippen molar-refractivity contribution in [3.8, 4) is 0 Å². The molecule has 0 aromatic carbocycles. The van der Waals surface area contributed by atoms with Crippen molar-refractivity contribution < 1.29 is 0 Å². The Labute approximate surface area is 83.2 Å². The van der Waals surface area contributed by atoms with Crippen LogP contribution in [0.4, 0.5) is 0 Å². The van der Waals surface area contributed by atoms with Gasteiger partial charge in [-0.15, -0.1) is 11.6 Å². The molecule has 0 amide bonds. The maximum atomic E-state index is 5.13. The second-order valence-corrected chi connectivity index (χ2v) is 4.39. The van der Waals surface area contributed by atoms with Gasteiger partial charge in [-0.05, 0) is 0 Å². The number of alkyl halides is 4. The molecule has 0 atom stereocenters. The van der Waals surface area contributed by atoms with Crippen molar-refractivity contribution in [3.63, 3.8) is 0 Å². The van der Waals surface area contributed by atoms with E-state index in [1.807, 2.05) is 0 Å². The summed E-state index contributed by atoms with van der Waals surface area (Å²) in [7, 11) is 0. The summed E-state index contributed by atoms with van der Waals surface area (Å²) >= 11 is 22.9. The minimum absolute atomic E-state index is 0.410. The molecule has 0 spiro atoms. The van der Waals surface area contributed by atoms with Gasteiger partial charge in [0, 0.05) is 11.4 Å². The summed E-state index contributed by atoms with van der Waals surface area (Å²) in [5, 5.41) is 0. The molecule has 0 nitrogen and oxygen atoms in total. The molecule has 0 heterocycles. The molecule has 0 aromatic rings. The van der Waals surface area contributed by atoms with Crippen molar-refractivity contribution >= 4 is 62.3 Å². The van der Waals surface area contributed by atoms with Crippen LogP contribution in [0.2, 0.25) is 0 Å². The Hall–Kier alpha value is 1.38. The summed E-state index contributed by atoms with van der Waals surface area (Å²) in [6.07, 6.45) is 1.66. The molecule has 0 N–H and O–H groups in total. The molecule has 0 rings (SSSR count). The summed E-state index contributed by atoms with van der Waals surface area (Å²) in [6.45, 7) is 0. The molecule has 56 valence electrons. The predicted octanol–water partition coefficient (Wildman–Crippen LogP) is 4.12. The molecule has 0 aromatic heterocycles. The second-order valence-electron chi connectivity index (χ2n) is 0.763. The van der Waals surface area contributed by atoms with E-state index in [4.69, 9.17) is 46.4 Å². The Kier molecular flexibility index (Phi) is 17.5. The smallest absolute Gasteiger partial charge is 0.122 e. The van der Waals surface area contributed by atoms with E-state index in [-0.39, 0.29) is 0 Å². The van der Waals surface area contributed by atoms with Gasteiger partial charge in [-0.1, -0.05) is 56.8 Å². The summed E-state index contributed by atoms with van der Waals surface area (Å²) in [6, 6.07) is 0. The fourth-order valence-corrected chi connectivity index (χ4v) is 0.303. The Bertz CT molecular complexity index is 60.8. The topological polar surface area (TPSA) is 0 Å². The van der Waals surface area contributed by atoms with Crippen molar-refractivity contribution in [1.29, 1.82) is 0 Å². The van der Waals surface area contributed by atoms with E-state index in [1.54, 1.807) is 6.08 Å². The molecule has 0 saturated heterocycles. The predicted molar refractivity (Wildman–Crippen MR) is 50.1 cm³/mol. The van der Waals surface area contributed by atoms with Crippen LogP contribution in [0, 0.1) is 0 Å². The zero-order valence-corrected chi connectivity index (χ0v) is 8.94. The molecular weight excluding hydrogens is 270 g/mol. The quantitative estimate of drug-likeness (QED) is 0.631. The number of allylic oxidation sites excluding steroid dienone is 1. The first-order chi connectivity index (χ1) is 4.15. The third-order valence-electron chi connectivity index (χ3n) is 0.178. The van der Waals surface area contributed by atoms with Crippen LogP contribution in [0.5, 0.6) is 0 Å². The maximum Gasteiger partial charge on any atom is 0.162 e. The highest BCUT2D eigenvalue weighted by Crippen LogP contribution is 2.07. The number of rotatable bonds is 1. The zero-order valence-electron chi connectivity index (χ0n) is 4.33. The fourth-order valence-electron chi connectivity index (χ4n) is 0.0337. The van der Waals surface area contributed by atoms with Crippen molar-refractivity contribution in [2.45, 2.75) is 3.75 Å². The molecule has 9 heavy (non-hydrogen) atoms. The van der Waals surface area contributed by atoms with Crippen LogP contribution < -0.4 is 0 Å². The van der Waals surface area contributed by atoms with Gasteiger partial charge in [0.15, 0.2) is 3.75 Å². The molecule has 0 aliphatic carbocycles. The van der Waals surface area contributed by atoms with Crippen molar-refractivity contribution in [1.82, 2.24) is 0 Å². The fraction of sp³-hybridized carbons (Fsp3) is 0.500. The number of hydrogen-bond acceptors (Lipinski definition) is 0. The third-order valence-corrected chi connectivity index (χ3v) is 0.535. The lowest BCUT2D eigenvalue weighted by atomic mass is 10.8. The van der Waals surface area contributed by atoms with E-state index in [9.17, 15) is 0 Å². The lowest BCUT2D eigenvalue weighted by Gasteiger charge is -1.69. The van der Waals surface area contributed by atoms with Crippen LogP contribution in [0.3, 0.4) is 0 Å². The standard InChI is InChI=1S/C3H4Cl2.CHBrCl2/c4-2-1-3-5;2-1(3)4/h1-2H,3H2;1H/b2-1-;. The molecular formula is C4H5BrCl4. The van der Waals surface area contributed by atoms with E-state index in [1.165, 1.54) is 5.54 Å². The maximum absolute atomic E-state index is 5.13. The van der Waals surface area contributed by atoms with Crippen LogP contribution in [0.25, 0.3) is 0 Å². The normalized spacial score (nSPS) is 9.56. The van der Waals surface area contributed by atoms with Crippen LogP contribution >= 0.6 is 62.3 Å². The van der Waals surface area contributed by atoms with Crippen molar-refractivity contribution in [2.24, 2.45) is 0 Å². The van der Waals surface area contributed by atoms with Crippen LogP contribution in [0.15, 0.2) is 11.6 Å². The van der Waals surface area contributed by atoms with Gasteiger partial charge in [0.05, 0.1) is 0 Å². The van der Waals surface area contributed by atoms with E-state index in [0.717, 1.165) is 0 Å². The molecule has 0 saturated carbocycles. The van der Waals surface area contributed by atoms with Crippen molar-refractivity contribution in [3.05, 3.63) is 11.6 Å². The monoisotopic (exact) mass is 272 g/mol. The lowest BCUT2D eigenvalue weighted by Crippen LogP contribution is -1.53. The van der Waals surface area contributed by atoms with Crippen LogP contribution in [-0.4, -0.2) is 9.63 Å². The lowest BCUT2D eigenvalue weighted by molar-refractivity contribution is 1.79. The van der Waals surface area contributed by atoms with Crippen LogP contribution in [0.1, 0.15) is 0 Å². The molecule has 5 heteroatoms. The van der Waals surface area contributed by atoms with E-state index in [0.29, 0.717) is 5.88 Å². The van der Waals surface area contributed by atoms with Gasteiger partial charge < -0.3 is 0 Å². The minimum Gasteiger partial charge on any atom is -0.122 e. The Morgan fingerprint density at radius 1 is 1.44 bits per heavy atom. The summed E-state index contributed by atoms with van der Waals surface area (Å²) in [5.74, 6) is 0.503. The number of halogens is 5. The second kappa shape index (κ2) is 12.1. The molecule has 0 aliphatic rings.